The fourth-order valence-electron chi connectivity index (χ4n) is 2.15. The molecule has 2 rings (SSSR count). The number of piperidine rings is 1. The lowest BCUT2D eigenvalue weighted by molar-refractivity contribution is -0.0192. The lowest BCUT2D eigenvalue weighted by Gasteiger charge is -2.41. The first-order valence-corrected chi connectivity index (χ1v) is 7.03. The average Bonchev–Trinajstić information content (AvgIpc) is 2.35. The quantitative estimate of drug-likeness (QED) is 0.860. The van der Waals surface area contributed by atoms with Gasteiger partial charge in [0, 0.05) is 17.6 Å². The molecule has 1 aliphatic rings. The van der Waals surface area contributed by atoms with Crippen LogP contribution in [0.25, 0.3) is 0 Å². The number of carbonyl (C=O) groups is 1. The molecule has 0 spiro atoms. The summed E-state index contributed by atoms with van der Waals surface area (Å²) in [6.45, 7) is 4.73. The molecular formula is C14H17BrFNO2. The Balaban J connectivity index is 2.19. The van der Waals surface area contributed by atoms with Gasteiger partial charge in [-0.25, -0.2) is 4.39 Å². The van der Waals surface area contributed by atoms with E-state index >= 15 is 0 Å². The van der Waals surface area contributed by atoms with Crippen LogP contribution in [0.15, 0.2) is 22.7 Å². The largest absolute Gasteiger partial charge is 0.391 e. The summed E-state index contributed by atoms with van der Waals surface area (Å²) >= 11 is 3.23. The minimum atomic E-state index is -0.583. The molecule has 5 heteroatoms. The summed E-state index contributed by atoms with van der Waals surface area (Å²) in [5.74, 6) is -0.902. The van der Waals surface area contributed by atoms with Gasteiger partial charge in [0.15, 0.2) is 0 Å². The molecule has 1 amide bonds. The van der Waals surface area contributed by atoms with E-state index < -0.39 is 11.9 Å². The highest BCUT2D eigenvalue weighted by Crippen LogP contribution is 2.31. The normalized spacial score (nSPS) is 22.4. The van der Waals surface area contributed by atoms with Gasteiger partial charge in [0.05, 0.1) is 11.7 Å². The Morgan fingerprint density at radius 1 is 1.53 bits per heavy atom. The van der Waals surface area contributed by atoms with Crippen LogP contribution in [0.4, 0.5) is 4.39 Å². The topological polar surface area (TPSA) is 40.5 Å². The van der Waals surface area contributed by atoms with E-state index in [-0.39, 0.29) is 23.4 Å². The molecule has 1 aliphatic heterocycles. The molecule has 1 N–H and O–H groups in total. The standard InChI is InChI=1S/C14H17BrFNO2/c1-14(2)5-6-17(8-12(14)18)13(19)10-7-9(15)3-4-11(10)16/h3-4,7,12,18H,5-6,8H2,1-2H3. The summed E-state index contributed by atoms with van der Waals surface area (Å²) in [4.78, 5) is 13.8. The van der Waals surface area contributed by atoms with Crippen LogP contribution < -0.4 is 0 Å². The van der Waals surface area contributed by atoms with Gasteiger partial charge in [0.1, 0.15) is 5.82 Å². The summed E-state index contributed by atoms with van der Waals surface area (Å²) in [5.41, 5.74) is -0.159. The van der Waals surface area contributed by atoms with Crippen LogP contribution in [0.1, 0.15) is 30.6 Å². The van der Waals surface area contributed by atoms with Gasteiger partial charge in [0.2, 0.25) is 0 Å². The zero-order valence-electron chi connectivity index (χ0n) is 11.0. The van der Waals surface area contributed by atoms with Crippen molar-refractivity contribution in [3.8, 4) is 0 Å². The van der Waals surface area contributed by atoms with Crippen molar-refractivity contribution in [1.29, 1.82) is 0 Å². The van der Waals surface area contributed by atoms with Crippen molar-refractivity contribution in [2.75, 3.05) is 13.1 Å². The molecule has 0 aromatic heterocycles. The van der Waals surface area contributed by atoms with E-state index in [1.165, 1.54) is 17.0 Å². The van der Waals surface area contributed by atoms with Gasteiger partial charge >= 0.3 is 0 Å². The number of amides is 1. The summed E-state index contributed by atoms with van der Waals surface area (Å²) in [6, 6.07) is 4.30. The Labute approximate surface area is 120 Å². The molecule has 1 heterocycles. The maximum atomic E-state index is 13.7. The summed E-state index contributed by atoms with van der Waals surface area (Å²) in [7, 11) is 0. The van der Waals surface area contributed by atoms with Crippen LogP contribution in [0.2, 0.25) is 0 Å². The molecule has 1 fully saturated rings. The van der Waals surface area contributed by atoms with Crippen molar-refractivity contribution in [1.82, 2.24) is 4.90 Å². The maximum absolute atomic E-state index is 13.7. The van der Waals surface area contributed by atoms with E-state index in [0.29, 0.717) is 17.4 Å². The fourth-order valence-corrected chi connectivity index (χ4v) is 2.51. The number of halogens is 2. The van der Waals surface area contributed by atoms with Gasteiger partial charge in [0.25, 0.3) is 5.91 Å². The fraction of sp³-hybridized carbons (Fsp3) is 0.500. The van der Waals surface area contributed by atoms with Gasteiger partial charge in [-0.3, -0.25) is 4.79 Å². The Hall–Kier alpha value is -0.940. The zero-order valence-corrected chi connectivity index (χ0v) is 12.6. The van der Waals surface area contributed by atoms with Crippen LogP contribution in [-0.4, -0.2) is 35.1 Å². The van der Waals surface area contributed by atoms with Gasteiger partial charge in [-0.1, -0.05) is 29.8 Å². The minimum Gasteiger partial charge on any atom is -0.391 e. The van der Waals surface area contributed by atoms with Gasteiger partial charge in [-0.15, -0.1) is 0 Å². The van der Waals surface area contributed by atoms with E-state index in [1.54, 1.807) is 6.07 Å². The number of likely N-dealkylation sites (tertiary alicyclic amines) is 1. The second-order valence-corrected chi connectivity index (χ2v) is 6.55. The van der Waals surface area contributed by atoms with Gasteiger partial charge < -0.3 is 10.0 Å². The Morgan fingerprint density at radius 3 is 2.84 bits per heavy atom. The Bertz CT molecular complexity index is 504. The number of carbonyl (C=O) groups excluding carboxylic acids is 1. The van der Waals surface area contributed by atoms with E-state index in [2.05, 4.69) is 15.9 Å². The smallest absolute Gasteiger partial charge is 0.256 e. The highest BCUT2D eigenvalue weighted by atomic mass is 79.9. The van der Waals surface area contributed by atoms with Crippen LogP contribution in [0, 0.1) is 11.2 Å². The second-order valence-electron chi connectivity index (χ2n) is 5.63. The van der Waals surface area contributed by atoms with Gasteiger partial charge in [-0.2, -0.15) is 0 Å². The molecule has 104 valence electrons. The molecule has 0 radical (unpaired) electrons. The number of aliphatic hydroxyl groups is 1. The predicted molar refractivity (Wildman–Crippen MR) is 74.4 cm³/mol. The number of hydrogen-bond donors (Lipinski definition) is 1. The number of hydrogen-bond acceptors (Lipinski definition) is 2. The molecule has 3 nitrogen and oxygen atoms in total. The van der Waals surface area contributed by atoms with E-state index in [9.17, 15) is 14.3 Å². The van der Waals surface area contributed by atoms with Crippen LogP contribution in [0.5, 0.6) is 0 Å². The van der Waals surface area contributed by atoms with Crippen molar-refractivity contribution >= 4 is 21.8 Å². The number of aliphatic hydroxyl groups excluding tert-OH is 1. The SMILES string of the molecule is CC1(C)CCN(C(=O)c2cc(Br)ccc2F)CC1O. The third kappa shape index (κ3) is 2.98. The van der Waals surface area contributed by atoms with Crippen LogP contribution in [0.3, 0.4) is 0 Å². The van der Waals surface area contributed by atoms with E-state index in [0.717, 1.165) is 0 Å². The summed E-state index contributed by atoms with van der Waals surface area (Å²) in [5, 5.41) is 10.0. The van der Waals surface area contributed by atoms with Gasteiger partial charge in [-0.05, 0) is 30.0 Å². The van der Waals surface area contributed by atoms with E-state index in [1.807, 2.05) is 13.8 Å². The van der Waals surface area contributed by atoms with E-state index in [4.69, 9.17) is 0 Å². The third-order valence-electron chi connectivity index (χ3n) is 3.77. The molecule has 19 heavy (non-hydrogen) atoms. The average molecular weight is 330 g/mol. The zero-order chi connectivity index (χ0) is 14.2. The number of benzene rings is 1. The molecule has 1 aromatic rings. The summed E-state index contributed by atoms with van der Waals surface area (Å²) < 4.78 is 14.4. The lowest BCUT2D eigenvalue weighted by atomic mass is 9.80. The first-order chi connectivity index (χ1) is 8.81. The maximum Gasteiger partial charge on any atom is 0.256 e. The number of rotatable bonds is 1. The molecule has 1 aromatic carbocycles. The highest BCUT2D eigenvalue weighted by Gasteiger charge is 2.36. The molecule has 1 unspecified atom stereocenters. The van der Waals surface area contributed by atoms with Crippen molar-refractivity contribution in [2.24, 2.45) is 5.41 Å². The number of β-amino-alcohol motifs (C(OH)–C–C–N with tert-alkyl or cyclic N) is 1. The highest BCUT2D eigenvalue weighted by molar-refractivity contribution is 9.10. The van der Waals surface area contributed by atoms with Crippen LogP contribution >= 0.6 is 15.9 Å². The Kier molecular flexibility index (Phi) is 3.97. The second kappa shape index (κ2) is 5.21. The lowest BCUT2D eigenvalue weighted by Crippen LogP contribution is -2.50. The molecule has 1 saturated heterocycles. The Morgan fingerprint density at radius 2 is 2.21 bits per heavy atom. The minimum absolute atomic E-state index is 0.0429. The molecule has 0 saturated carbocycles. The predicted octanol–water partition coefficient (Wildman–Crippen LogP) is 2.82. The monoisotopic (exact) mass is 329 g/mol. The third-order valence-corrected chi connectivity index (χ3v) is 4.26. The first-order valence-electron chi connectivity index (χ1n) is 6.23. The summed E-state index contributed by atoms with van der Waals surface area (Å²) in [6.07, 6.45) is 0.121. The molecule has 0 aliphatic carbocycles. The van der Waals surface area contributed by atoms with Crippen molar-refractivity contribution in [2.45, 2.75) is 26.4 Å². The molecular weight excluding hydrogens is 313 g/mol. The van der Waals surface area contributed by atoms with Crippen molar-refractivity contribution < 1.29 is 14.3 Å². The number of nitrogens with zero attached hydrogens (tertiary/aromatic N) is 1. The first kappa shape index (κ1) is 14.5. The van der Waals surface area contributed by atoms with Crippen molar-refractivity contribution in [3.63, 3.8) is 0 Å². The van der Waals surface area contributed by atoms with Crippen molar-refractivity contribution in [3.05, 3.63) is 34.1 Å². The molecule has 0 bridgehead atoms. The van der Waals surface area contributed by atoms with Crippen LogP contribution in [-0.2, 0) is 0 Å². The molecule has 1 atom stereocenters.